The van der Waals surface area contributed by atoms with Crippen molar-refractivity contribution < 1.29 is 17.9 Å². The van der Waals surface area contributed by atoms with Gasteiger partial charge in [-0.15, -0.1) is 0 Å². The van der Waals surface area contributed by atoms with Crippen molar-refractivity contribution in [3.63, 3.8) is 0 Å². The SMILES string of the molecule is CCN(N1CCOCC1)C1(C(F)(F)F)c2cc(Cl)ccc2Nc2ncccc21. The normalized spacial score (nSPS) is 22.5. The molecule has 0 radical (unpaired) electrons. The van der Waals surface area contributed by atoms with Crippen molar-refractivity contribution in [1.82, 2.24) is 15.0 Å². The van der Waals surface area contributed by atoms with E-state index < -0.39 is 11.7 Å². The van der Waals surface area contributed by atoms with Crippen molar-refractivity contribution in [1.29, 1.82) is 0 Å². The number of alkyl halides is 3. The van der Waals surface area contributed by atoms with Crippen LogP contribution in [0.1, 0.15) is 18.1 Å². The fraction of sp³-hybridized carbons (Fsp3) is 0.421. The van der Waals surface area contributed by atoms with Crippen LogP contribution in [0.15, 0.2) is 36.5 Å². The molecule has 0 saturated carbocycles. The van der Waals surface area contributed by atoms with E-state index >= 15 is 13.2 Å². The highest BCUT2D eigenvalue weighted by molar-refractivity contribution is 6.30. The Hall–Kier alpha value is -1.87. The number of ether oxygens (including phenoxy) is 1. The number of pyridine rings is 1. The predicted molar refractivity (Wildman–Crippen MR) is 101 cm³/mol. The molecule has 2 aliphatic heterocycles. The van der Waals surface area contributed by atoms with Crippen LogP contribution in [-0.4, -0.2) is 54.0 Å². The van der Waals surface area contributed by atoms with Crippen LogP contribution < -0.4 is 5.32 Å². The lowest BCUT2D eigenvalue weighted by Gasteiger charge is -2.52. The summed E-state index contributed by atoms with van der Waals surface area (Å²) >= 11 is 6.15. The van der Waals surface area contributed by atoms with Gasteiger partial charge >= 0.3 is 6.18 Å². The number of morpholine rings is 1. The van der Waals surface area contributed by atoms with E-state index in [0.717, 1.165) is 0 Å². The molecule has 1 aromatic heterocycles. The van der Waals surface area contributed by atoms with E-state index in [-0.39, 0.29) is 28.5 Å². The summed E-state index contributed by atoms with van der Waals surface area (Å²) in [5, 5.41) is 6.41. The summed E-state index contributed by atoms with van der Waals surface area (Å²) in [6.45, 7) is 3.40. The van der Waals surface area contributed by atoms with Crippen LogP contribution >= 0.6 is 11.6 Å². The number of hydrogen-bond acceptors (Lipinski definition) is 5. The molecule has 2 aliphatic rings. The third-order valence-electron chi connectivity index (χ3n) is 5.25. The maximum Gasteiger partial charge on any atom is 0.416 e. The fourth-order valence-corrected chi connectivity index (χ4v) is 4.34. The molecule has 0 amide bonds. The molecule has 1 aromatic carbocycles. The summed E-state index contributed by atoms with van der Waals surface area (Å²) in [5.41, 5.74) is -1.93. The average molecular weight is 413 g/mol. The van der Waals surface area contributed by atoms with Crippen molar-refractivity contribution >= 4 is 23.1 Å². The Balaban J connectivity index is 2.04. The molecule has 1 fully saturated rings. The number of aromatic nitrogens is 1. The highest BCUT2D eigenvalue weighted by atomic mass is 35.5. The van der Waals surface area contributed by atoms with Gasteiger partial charge in [0.2, 0.25) is 0 Å². The predicted octanol–water partition coefficient (Wildman–Crippen LogP) is 4.17. The number of fused-ring (bicyclic) bond motifs is 2. The molecule has 9 heteroatoms. The van der Waals surface area contributed by atoms with Crippen LogP contribution in [0, 0.1) is 0 Å². The summed E-state index contributed by atoms with van der Waals surface area (Å²) in [4.78, 5) is 4.20. The first-order valence-electron chi connectivity index (χ1n) is 9.09. The van der Waals surface area contributed by atoms with Gasteiger partial charge in [0.05, 0.1) is 13.2 Å². The topological polar surface area (TPSA) is 40.6 Å². The number of halogens is 4. The summed E-state index contributed by atoms with van der Waals surface area (Å²) in [6, 6.07) is 7.56. The van der Waals surface area contributed by atoms with E-state index in [0.29, 0.717) is 32.0 Å². The van der Waals surface area contributed by atoms with Gasteiger partial charge in [-0.3, -0.25) is 0 Å². The van der Waals surface area contributed by atoms with Gasteiger partial charge in [-0.05, 0) is 24.3 Å². The quantitative estimate of drug-likeness (QED) is 0.819. The van der Waals surface area contributed by atoms with Crippen LogP contribution in [0.25, 0.3) is 0 Å². The molecule has 28 heavy (non-hydrogen) atoms. The average Bonchev–Trinajstić information content (AvgIpc) is 2.68. The van der Waals surface area contributed by atoms with Gasteiger partial charge in [0, 0.05) is 47.7 Å². The van der Waals surface area contributed by atoms with Crippen molar-refractivity contribution in [3.05, 3.63) is 52.7 Å². The minimum Gasteiger partial charge on any atom is -0.379 e. The Morgan fingerprint density at radius 1 is 1.25 bits per heavy atom. The maximum absolute atomic E-state index is 15.1. The van der Waals surface area contributed by atoms with Gasteiger partial charge in [-0.25, -0.2) is 15.0 Å². The lowest BCUT2D eigenvalue weighted by atomic mass is 9.78. The minimum atomic E-state index is -4.62. The van der Waals surface area contributed by atoms with E-state index in [9.17, 15) is 0 Å². The van der Waals surface area contributed by atoms with Gasteiger partial charge < -0.3 is 10.1 Å². The van der Waals surface area contributed by atoms with Gasteiger partial charge in [-0.1, -0.05) is 24.6 Å². The summed E-state index contributed by atoms with van der Waals surface area (Å²) in [7, 11) is 0. The molecule has 3 heterocycles. The number of nitrogens with one attached hydrogen (secondary N) is 1. The zero-order valence-corrected chi connectivity index (χ0v) is 16.0. The number of benzene rings is 1. The molecule has 0 aliphatic carbocycles. The molecule has 1 atom stereocenters. The number of hydrogen-bond donors (Lipinski definition) is 1. The van der Waals surface area contributed by atoms with Gasteiger partial charge in [0.15, 0.2) is 5.54 Å². The molecular formula is C19H20ClF3N4O. The van der Waals surface area contributed by atoms with Crippen LogP contribution in [0.2, 0.25) is 5.02 Å². The summed E-state index contributed by atoms with van der Waals surface area (Å²) in [6.07, 6.45) is -3.14. The fourth-order valence-electron chi connectivity index (χ4n) is 4.17. The molecule has 1 N–H and O–H groups in total. The first-order chi connectivity index (χ1) is 13.4. The van der Waals surface area contributed by atoms with E-state index in [1.165, 1.54) is 29.4 Å². The highest BCUT2D eigenvalue weighted by Crippen LogP contribution is 2.56. The highest BCUT2D eigenvalue weighted by Gasteiger charge is 2.65. The Morgan fingerprint density at radius 2 is 2.00 bits per heavy atom. The lowest BCUT2D eigenvalue weighted by molar-refractivity contribution is -0.271. The molecule has 5 nitrogen and oxygen atoms in total. The van der Waals surface area contributed by atoms with Crippen molar-refractivity contribution in [2.24, 2.45) is 0 Å². The first kappa shape index (κ1) is 19.4. The second-order valence-corrected chi connectivity index (χ2v) is 7.14. The largest absolute Gasteiger partial charge is 0.416 e. The summed E-state index contributed by atoms with van der Waals surface area (Å²) in [5.74, 6) is 0.196. The van der Waals surface area contributed by atoms with Gasteiger partial charge in [0.1, 0.15) is 5.82 Å². The molecule has 1 saturated heterocycles. The van der Waals surface area contributed by atoms with Crippen LogP contribution in [-0.2, 0) is 10.3 Å². The van der Waals surface area contributed by atoms with Gasteiger partial charge in [-0.2, -0.15) is 13.2 Å². The van der Waals surface area contributed by atoms with Crippen molar-refractivity contribution in [2.45, 2.75) is 18.6 Å². The van der Waals surface area contributed by atoms with Crippen molar-refractivity contribution in [2.75, 3.05) is 38.2 Å². The second kappa shape index (κ2) is 7.18. The third kappa shape index (κ3) is 2.86. The lowest BCUT2D eigenvalue weighted by Crippen LogP contribution is -2.65. The molecule has 0 spiro atoms. The Bertz CT molecular complexity index is 872. The Morgan fingerprint density at radius 3 is 2.68 bits per heavy atom. The zero-order valence-electron chi connectivity index (χ0n) is 15.3. The zero-order chi connectivity index (χ0) is 19.9. The number of rotatable bonds is 3. The molecule has 0 bridgehead atoms. The number of anilines is 2. The van der Waals surface area contributed by atoms with E-state index in [1.54, 1.807) is 24.1 Å². The molecule has 2 aromatic rings. The monoisotopic (exact) mass is 412 g/mol. The van der Waals surface area contributed by atoms with Crippen LogP contribution in [0.4, 0.5) is 24.7 Å². The van der Waals surface area contributed by atoms with Crippen LogP contribution in [0.5, 0.6) is 0 Å². The van der Waals surface area contributed by atoms with E-state index in [4.69, 9.17) is 16.3 Å². The standard InChI is InChI=1S/C19H20ClF3N4O/c1-2-27(26-8-10-28-11-9-26)18(19(21,22)23)14-4-3-7-24-17(14)25-16-6-5-13(20)12-15(16)18/h3-7,12H,2,8-11H2,1H3,(H,24,25). The number of nitrogens with zero attached hydrogens (tertiary/aromatic N) is 3. The smallest absolute Gasteiger partial charge is 0.379 e. The van der Waals surface area contributed by atoms with Gasteiger partial charge in [0.25, 0.3) is 0 Å². The van der Waals surface area contributed by atoms with Crippen molar-refractivity contribution in [3.8, 4) is 0 Å². The second-order valence-electron chi connectivity index (χ2n) is 6.70. The number of hydrazine groups is 1. The summed E-state index contributed by atoms with van der Waals surface area (Å²) < 4.78 is 50.6. The minimum absolute atomic E-state index is 0.0607. The Labute approximate surface area is 166 Å². The molecule has 4 rings (SSSR count). The molecule has 1 unspecified atom stereocenters. The first-order valence-corrected chi connectivity index (χ1v) is 9.47. The van der Waals surface area contributed by atoms with E-state index in [2.05, 4.69) is 10.3 Å². The maximum atomic E-state index is 15.1. The Kier molecular flexibility index (Phi) is 4.99. The third-order valence-corrected chi connectivity index (χ3v) is 5.48. The molecular weight excluding hydrogens is 393 g/mol. The molecule has 150 valence electrons. The van der Waals surface area contributed by atoms with Crippen LogP contribution in [0.3, 0.4) is 0 Å². The van der Waals surface area contributed by atoms with E-state index in [1.807, 2.05) is 0 Å².